The van der Waals surface area contributed by atoms with Crippen LogP contribution in [0.5, 0.6) is 0 Å². The van der Waals surface area contributed by atoms with Crippen LogP contribution >= 0.6 is 31.9 Å². The molecule has 1 unspecified atom stereocenters. The van der Waals surface area contributed by atoms with Gasteiger partial charge in [0.1, 0.15) is 5.54 Å². The van der Waals surface area contributed by atoms with E-state index >= 15 is 0 Å². The summed E-state index contributed by atoms with van der Waals surface area (Å²) in [5.74, 6) is -1.05. The normalized spacial score (nSPS) is 13.4. The first-order chi connectivity index (χ1) is 9.69. The summed E-state index contributed by atoms with van der Waals surface area (Å²) in [5, 5.41) is 14.5. The maximum absolute atomic E-state index is 12.1. The minimum atomic E-state index is -1.29. The number of anilines is 1. The molecule has 21 heavy (non-hydrogen) atoms. The van der Waals surface area contributed by atoms with Crippen LogP contribution in [0.15, 0.2) is 21.1 Å². The molecule has 0 aliphatic heterocycles. The third-order valence-electron chi connectivity index (χ3n) is 3.04. The van der Waals surface area contributed by atoms with Crippen molar-refractivity contribution < 1.29 is 14.7 Å². The van der Waals surface area contributed by atoms with E-state index in [1.54, 1.807) is 0 Å². The van der Waals surface area contributed by atoms with Gasteiger partial charge in [-0.1, -0.05) is 13.3 Å². The van der Waals surface area contributed by atoms with Crippen molar-refractivity contribution in [2.75, 3.05) is 5.32 Å². The summed E-state index contributed by atoms with van der Waals surface area (Å²) in [5.41, 5.74) is 0.297. The largest absolute Gasteiger partial charge is 0.480 e. The highest BCUT2D eigenvalue weighted by molar-refractivity contribution is 9.11. The molecular formula is C14H18Br2N2O3. The molecule has 7 heteroatoms. The van der Waals surface area contributed by atoms with Gasteiger partial charge in [-0.15, -0.1) is 0 Å². The molecule has 1 aromatic carbocycles. The first-order valence-corrected chi connectivity index (χ1v) is 8.06. The van der Waals surface area contributed by atoms with E-state index in [-0.39, 0.29) is 0 Å². The maximum atomic E-state index is 12.1. The lowest BCUT2D eigenvalue weighted by Crippen LogP contribution is -2.53. The predicted octanol–water partition coefficient (Wildman–Crippen LogP) is 4.28. The highest BCUT2D eigenvalue weighted by Crippen LogP contribution is 2.32. The highest BCUT2D eigenvalue weighted by Gasteiger charge is 2.34. The Morgan fingerprint density at radius 2 is 1.81 bits per heavy atom. The van der Waals surface area contributed by atoms with Gasteiger partial charge >= 0.3 is 12.0 Å². The van der Waals surface area contributed by atoms with Gasteiger partial charge in [-0.25, -0.2) is 9.59 Å². The molecule has 0 aliphatic rings. The molecule has 3 N–H and O–H groups in total. The fraction of sp³-hybridized carbons (Fsp3) is 0.429. The number of amides is 2. The van der Waals surface area contributed by atoms with Crippen molar-refractivity contribution in [1.82, 2.24) is 5.32 Å². The van der Waals surface area contributed by atoms with Gasteiger partial charge in [0.05, 0.1) is 5.69 Å². The fourth-order valence-electron chi connectivity index (χ4n) is 1.94. The molecule has 0 aromatic heterocycles. The van der Waals surface area contributed by atoms with Crippen molar-refractivity contribution in [3.8, 4) is 0 Å². The predicted molar refractivity (Wildman–Crippen MR) is 89.7 cm³/mol. The Hall–Kier alpha value is -1.08. The van der Waals surface area contributed by atoms with E-state index in [9.17, 15) is 14.7 Å². The molecular weight excluding hydrogens is 404 g/mol. The summed E-state index contributed by atoms with van der Waals surface area (Å²) in [6.07, 6.45) is 1.01. The zero-order valence-corrected chi connectivity index (χ0v) is 15.3. The molecule has 0 radical (unpaired) electrons. The van der Waals surface area contributed by atoms with Gasteiger partial charge in [0, 0.05) is 8.95 Å². The molecule has 5 nitrogen and oxygen atoms in total. The van der Waals surface area contributed by atoms with E-state index in [1.165, 1.54) is 6.92 Å². The Morgan fingerprint density at radius 1 is 1.29 bits per heavy atom. The van der Waals surface area contributed by atoms with E-state index in [0.29, 0.717) is 18.5 Å². The third-order valence-corrected chi connectivity index (χ3v) is 4.29. The number of carbonyl (C=O) groups is 2. The van der Waals surface area contributed by atoms with Crippen LogP contribution in [0, 0.1) is 6.92 Å². The Morgan fingerprint density at radius 3 is 2.24 bits per heavy atom. The second-order valence-electron chi connectivity index (χ2n) is 5.07. The van der Waals surface area contributed by atoms with Crippen molar-refractivity contribution in [3.63, 3.8) is 0 Å². The molecule has 116 valence electrons. The summed E-state index contributed by atoms with van der Waals surface area (Å²) in [6, 6.07) is 3.17. The van der Waals surface area contributed by atoms with Crippen LogP contribution in [0.3, 0.4) is 0 Å². The van der Waals surface area contributed by atoms with Crippen LogP contribution in [-0.4, -0.2) is 22.6 Å². The molecule has 0 fully saturated rings. The van der Waals surface area contributed by atoms with Gasteiger partial charge < -0.3 is 15.7 Å². The molecule has 0 spiro atoms. The van der Waals surface area contributed by atoms with Crippen molar-refractivity contribution in [1.29, 1.82) is 0 Å². The van der Waals surface area contributed by atoms with Crippen LogP contribution < -0.4 is 10.6 Å². The number of carboxylic acids is 1. The van der Waals surface area contributed by atoms with Crippen LogP contribution in [0.25, 0.3) is 0 Å². The number of carbonyl (C=O) groups excluding carboxylic acids is 1. The van der Waals surface area contributed by atoms with Crippen molar-refractivity contribution in [3.05, 3.63) is 26.6 Å². The van der Waals surface area contributed by atoms with Crippen LogP contribution in [0.2, 0.25) is 0 Å². The van der Waals surface area contributed by atoms with Crippen LogP contribution in [-0.2, 0) is 4.79 Å². The number of rotatable bonds is 5. The monoisotopic (exact) mass is 420 g/mol. The molecule has 1 aromatic rings. The van der Waals surface area contributed by atoms with Gasteiger partial charge in [-0.3, -0.25) is 0 Å². The molecule has 1 atom stereocenters. The lowest BCUT2D eigenvalue weighted by atomic mass is 9.97. The Bertz CT molecular complexity index is 540. The highest BCUT2D eigenvalue weighted by atomic mass is 79.9. The van der Waals surface area contributed by atoms with Gasteiger partial charge in [0.25, 0.3) is 0 Å². The Balaban J connectivity index is 2.89. The van der Waals surface area contributed by atoms with Gasteiger partial charge in [-0.05, 0) is 69.8 Å². The number of urea groups is 1. The quantitative estimate of drug-likeness (QED) is 0.663. The van der Waals surface area contributed by atoms with Crippen molar-refractivity contribution in [2.45, 2.75) is 39.2 Å². The summed E-state index contributed by atoms with van der Waals surface area (Å²) in [6.45, 7) is 5.30. The Kier molecular flexibility index (Phi) is 6.22. The van der Waals surface area contributed by atoms with E-state index in [4.69, 9.17) is 0 Å². The molecule has 2 amide bonds. The smallest absolute Gasteiger partial charge is 0.329 e. The number of carboxylic acid groups (broad SMARTS) is 1. The maximum Gasteiger partial charge on any atom is 0.329 e. The first-order valence-electron chi connectivity index (χ1n) is 6.48. The SMILES string of the molecule is CCCC(C)(NC(=O)Nc1c(Br)cc(C)cc1Br)C(=O)O. The zero-order valence-electron chi connectivity index (χ0n) is 12.1. The van der Waals surface area contributed by atoms with Crippen LogP contribution in [0.1, 0.15) is 32.3 Å². The summed E-state index contributed by atoms with van der Waals surface area (Å²) < 4.78 is 1.44. The molecule has 0 bridgehead atoms. The van der Waals surface area contributed by atoms with Crippen molar-refractivity contribution in [2.24, 2.45) is 0 Å². The van der Waals surface area contributed by atoms with Gasteiger partial charge in [0.2, 0.25) is 0 Å². The number of halogens is 2. The number of benzene rings is 1. The standard InChI is InChI=1S/C14H18Br2N2O3/c1-4-5-14(3,12(19)20)18-13(21)17-11-9(15)6-8(2)7-10(11)16/h6-7H,4-5H2,1-3H3,(H,19,20)(H2,17,18,21). The fourth-order valence-corrected chi connectivity index (χ4v) is 3.55. The minimum absolute atomic E-state index is 0.353. The van der Waals surface area contributed by atoms with Gasteiger partial charge in [-0.2, -0.15) is 0 Å². The molecule has 0 heterocycles. The van der Waals surface area contributed by atoms with Crippen LogP contribution in [0.4, 0.5) is 10.5 Å². The molecule has 0 saturated carbocycles. The van der Waals surface area contributed by atoms with E-state index < -0.39 is 17.5 Å². The number of hydrogen-bond acceptors (Lipinski definition) is 2. The number of aliphatic carboxylic acids is 1. The minimum Gasteiger partial charge on any atom is -0.480 e. The lowest BCUT2D eigenvalue weighted by Gasteiger charge is -2.26. The number of nitrogens with one attached hydrogen (secondary N) is 2. The second kappa shape index (κ2) is 7.26. The summed E-state index contributed by atoms with van der Waals surface area (Å²) >= 11 is 6.75. The van der Waals surface area contributed by atoms with Gasteiger partial charge in [0.15, 0.2) is 0 Å². The molecule has 0 aliphatic carbocycles. The topological polar surface area (TPSA) is 78.4 Å². The van der Waals surface area contributed by atoms with Crippen molar-refractivity contribution >= 4 is 49.5 Å². The zero-order chi connectivity index (χ0) is 16.2. The number of hydrogen-bond donors (Lipinski definition) is 3. The third kappa shape index (κ3) is 4.71. The van der Waals surface area contributed by atoms with E-state index in [2.05, 4.69) is 42.5 Å². The summed E-state index contributed by atoms with van der Waals surface area (Å²) in [7, 11) is 0. The lowest BCUT2D eigenvalue weighted by molar-refractivity contribution is -0.143. The average Bonchev–Trinajstić information content (AvgIpc) is 2.33. The second-order valence-corrected chi connectivity index (χ2v) is 6.78. The number of aryl methyl sites for hydroxylation is 1. The molecule has 1 rings (SSSR count). The van der Waals surface area contributed by atoms with E-state index in [0.717, 1.165) is 14.5 Å². The molecule has 0 saturated heterocycles. The Labute approximate surface area is 140 Å². The first kappa shape index (κ1) is 18.0. The summed E-state index contributed by atoms with van der Waals surface area (Å²) in [4.78, 5) is 23.4. The average molecular weight is 422 g/mol. The van der Waals surface area contributed by atoms with E-state index in [1.807, 2.05) is 26.0 Å².